The third-order valence-electron chi connectivity index (χ3n) is 0. The molecule has 0 aromatic carbocycles. The Kier molecular flexibility index (Phi) is 29.4. The molecule has 0 aliphatic rings. The summed E-state index contributed by atoms with van der Waals surface area (Å²) in [7, 11) is 0. The van der Waals surface area contributed by atoms with Gasteiger partial charge in [0.05, 0.1) is 0 Å². The van der Waals surface area contributed by atoms with E-state index in [0.717, 1.165) is 20.8 Å². The number of hydrogen-bond donors (Lipinski definition) is 3. The summed E-state index contributed by atoms with van der Waals surface area (Å²) in [6, 6.07) is 0. The third kappa shape index (κ3) is 419. The summed E-state index contributed by atoms with van der Waals surface area (Å²) in [5.74, 6) is -2.50. The van der Waals surface area contributed by atoms with Gasteiger partial charge in [0.15, 0.2) is 0 Å². The highest BCUT2D eigenvalue weighted by Gasteiger charge is 1.66. The fourth-order valence-electron chi connectivity index (χ4n) is 0. The van der Waals surface area contributed by atoms with Gasteiger partial charge in [-0.25, -0.2) is 0 Å². The van der Waals surface area contributed by atoms with E-state index in [-0.39, 0.29) is 11.0 Å². The van der Waals surface area contributed by atoms with Crippen LogP contribution < -0.4 is 0 Å². The molecule has 0 heterocycles. The molecule has 13 heavy (non-hydrogen) atoms. The molecule has 0 bridgehead atoms. The summed E-state index contributed by atoms with van der Waals surface area (Å²) in [6.45, 7) is 3.25. The first-order valence-corrected chi connectivity index (χ1v) is 2.78. The second-order valence-corrected chi connectivity index (χ2v) is 1.56. The molecule has 0 spiro atoms. The number of aliphatic carboxylic acids is 3. The Hall–Kier alpha value is -1.37. The Bertz CT molecular complexity index is 115. The first-order valence-electron chi connectivity index (χ1n) is 2.78. The Labute approximate surface area is 80.2 Å². The van der Waals surface area contributed by atoms with Gasteiger partial charge in [0, 0.05) is 20.8 Å². The lowest BCUT2D eigenvalue weighted by Gasteiger charge is -1.59. The summed E-state index contributed by atoms with van der Waals surface area (Å²) in [4.78, 5) is 27.0. The fourth-order valence-corrected chi connectivity index (χ4v) is 0. The van der Waals surface area contributed by atoms with E-state index in [0.29, 0.717) is 0 Å². The van der Waals surface area contributed by atoms with Crippen molar-refractivity contribution in [3.05, 3.63) is 0 Å². The summed E-state index contributed by atoms with van der Waals surface area (Å²) in [5.41, 5.74) is 0. The molecule has 7 heteroatoms. The Balaban J connectivity index is -0.0000000450. The van der Waals surface area contributed by atoms with Gasteiger partial charge in [-0.05, 0) is 11.0 Å². The van der Waals surface area contributed by atoms with Crippen molar-refractivity contribution in [2.75, 3.05) is 0 Å². The standard InChI is InChI=1S/3C2H4O2.H4Si/c3*1-2(3)4;/h3*1H3,(H,3,4);1H4. The van der Waals surface area contributed by atoms with Gasteiger partial charge in [0.2, 0.25) is 0 Å². The lowest BCUT2D eigenvalue weighted by atomic mass is 10.9. The molecule has 0 aromatic heterocycles. The maximum atomic E-state index is 9.00. The zero-order valence-corrected chi connectivity index (χ0v) is 7.07. The van der Waals surface area contributed by atoms with Crippen LogP contribution in [0.3, 0.4) is 0 Å². The molecule has 0 aliphatic carbocycles. The normalized spacial score (nSPS) is 5.77. The van der Waals surface area contributed by atoms with E-state index in [9.17, 15) is 0 Å². The van der Waals surface area contributed by atoms with Crippen LogP contribution in [-0.4, -0.2) is 44.2 Å². The molecule has 6 nitrogen and oxygen atoms in total. The van der Waals surface area contributed by atoms with Gasteiger partial charge in [-0.2, -0.15) is 0 Å². The van der Waals surface area contributed by atoms with E-state index >= 15 is 0 Å². The van der Waals surface area contributed by atoms with Crippen molar-refractivity contribution in [2.24, 2.45) is 0 Å². The number of carboxylic acids is 3. The molecule has 0 radical (unpaired) electrons. The fraction of sp³-hybridized carbons (Fsp3) is 0.500. The quantitative estimate of drug-likeness (QED) is 0.436. The van der Waals surface area contributed by atoms with E-state index < -0.39 is 17.9 Å². The average Bonchev–Trinajstić information content (AvgIpc) is 1.54. The summed E-state index contributed by atoms with van der Waals surface area (Å²) in [6.07, 6.45) is 0. The van der Waals surface area contributed by atoms with Gasteiger partial charge in [-0.1, -0.05) is 0 Å². The van der Waals surface area contributed by atoms with Crippen molar-refractivity contribution in [1.29, 1.82) is 0 Å². The minimum Gasteiger partial charge on any atom is -0.481 e. The van der Waals surface area contributed by atoms with Crippen LogP contribution in [0.15, 0.2) is 0 Å². The van der Waals surface area contributed by atoms with Crippen LogP contribution in [0.1, 0.15) is 20.8 Å². The molecular weight excluding hydrogens is 196 g/mol. The average molecular weight is 212 g/mol. The molecule has 0 aromatic rings. The molecule has 0 fully saturated rings. The second-order valence-electron chi connectivity index (χ2n) is 1.56. The summed E-state index contributed by atoms with van der Waals surface area (Å²) < 4.78 is 0. The van der Waals surface area contributed by atoms with Crippen molar-refractivity contribution in [3.63, 3.8) is 0 Å². The smallest absolute Gasteiger partial charge is 0.300 e. The minimum absolute atomic E-state index is 0. The SMILES string of the molecule is CC(=O)O.CC(=O)O.CC(=O)O.[SiH4]. The molecule has 80 valence electrons. The number of rotatable bonds is 0. The Morgan fingerprint density at radius 1 is 0.692 bits per heavy atom. The van der Waals surface area contributed by atoms with E-state index in [2.05, 4.69) is 0 Å². The topological polar surface area (TPSA) is 112 Å². The summed E-state index contributed by atoms with van der Waals surface area (Å²) >= 11 is 0. The Morgan fingerprint density at radius 2 is 0.692 bits per heavy atom. The molecule has 0 atom stereocenters. The van der Waals surface area contributed by atoms with Crippen LogP contribution in [0.5, 0.6) is 0 Å². The van der Waals surface area contributed by atoms with Crippen molar-refractivity contribution in [1.82, 2.24) is 0 Å². The number of carboxylic acid groups (broad SMARTS) is 3. The van der Waals surface area contributed by atoms with Crippen LogP contribution in [0, 0.1) is 0 Å². The van der Waals surface area contributed by atoms with Gasteiger partial charge < -0.3 is 15.3 Å². The number of carbonyl (C=O) groups is 3. The van der Waals surface area contributed by atoms with E-state index in [1.807, 2.05) is 0 Å². The van der Waals surface area contributed by atoms with Crippen molar-refractivity contribution < 1.29 is 29.7 Å². The summed E-state index contributed by atoms with van der Waals surface area (Å²) in [5, 5.41) is 22.2. The molecular formula is C6H16O6Si. The predicted octanol–water partition coefficient (Wildman–Crippen LogP) is -1.18. The van der Waals surface area contributed by atoms with E-state index in [4.69, 9.17) is 29.7 Å². The van der Waals surface area contributed by atoms with Gasteiger partial charge >= 0.3 is 0 Å². The molecule has 0 rings (SSSR count). The van der Waals surface area contributed by atoms with Gasteiger partial charge in [-0.3, -0.25) is 14.4 Å². The van der Waals surface area contributed by atoms with E-state index in [1.165, 1.54) is 0 Å². The monoisotopic (exact) mass is 212 g/mol. The lowest BCUT2D eigenvalue weighted by molar-refractivity contribution is -0.135. The maximum absolute atomic E-state index is 9.00. The highest BCUT2D eigenvalue weighted by Crippen LogP contribution is 1.42. The Morgan fingerprint density at radius 3 is 0.692 bits per heavy atom. The molecule has 3 N–H and O–H groups in total. The van der Waals surface area contributed by atoms with Crippen molar-refractivity contribution in [2.45, 2.75) is 20.8 Å². The van der Waals surface area contributed by atoms with Crippen molar-refractivity contribution >= 4 is 28.9 Å². The minimum atomic E-state index is -0.833. The highest BCUT2D eigenvalue weighted by atomic mass is 28.1. The van der Waals surface area contributed by atoms with E-state index in [1.54, 1.807) is 0 Å². The van der Waals surface area contributed by atoms with Gasteiger partial charge in [0.25, 0.3) is 17.9 Å². The zero-order chi connectivity index (χ0) is 10.7. The van der Waals surface area contributed by atoms with Crippen LogP contribution in [0.25, 0.3) is 0 Å². The van der Waals surface area contributed by atoms with Gasteiger partial charge in [0.1, 0.15) is 0 Å². The highest BCUT2D eigenvalue weighted by molar-refractivity contribution is 5.75. The molecule has 0 saturated carbocycles. The first kappa shape index (κ1) is 22.6. The largest absolute Gasteiger partial charge is 0.481 e. The van der Waals surface area contributed by atoms with Crippen LogP contribution in [0.2, 0.25) is 0 Å². The maximum Gasteiger partial charge on any atom is 0.300 e. The second kappa shape index (κ2) is 16.9. The van der Waals surface area contributed by atoms with Crippen molar-refractivity contribution in [3.8, 4) is 0 Å². The zero-order valence-electron chi connectivity index (χ0n) is 7.07. The molecule has 0 amide bonds. The first-order chi connectivity index (χ1) is 5.20. The molecule has 0 saturated heterocycles. The van der Waals surface area contributed by atoms with Gasteiger partial charge in [-0.15, -0.1) is 0 Å². The van der Waals surface area contributed by atoms with Crippen LogP contribution in [-0.2, 0) is 14.4 Å². The van der Waals surface area contributed by atoms with Crippen LogP contribution in [0.4, 0.5) is 0 Å². The predicted molar refractivity (Wildman–Crippen MR) is 51.3 cm³/mol. The molecule has 0 unspecified atom stereocenters. The number of hydrogen-bond acceptors (Lipinski definition) is 3. The lowest BCUT2D eigenvalue weighted by Crippen LogP contribution is -1.78. The molecule has 0 aliphatic heterocycles. The third-order valence-corrected chi connectivity index (χ3v) is 0. The van der Waals surface area contributed by atoms with Crippen LogP contribution >= 0.6 is 0 Å².